The van der Waals surface area contributed by atoms with Crippen molar-refractivity contribution in [3.63, 3.8) is 0 Å². The molecular weight excluding hydrogens is 268 g/mol. The number of hydrogen-bond acceptors (Lipinski definition) is 2. The van der Waals surface area contributed by atoms with Gasteiger partial charge in [0.2, 0.25) is 0 Å². The van der Waals surface area contributed by atoms with Gasteiger partial charge in [-0.1, -0.05) is 52.0 Å². The maximum Gasteiger partial charge on any atom is 0.0224 e. The summed E-state index contributed by atoms with van der Waals surface area (Å²) < 4.78 is 0. The van der Waals surface area contributed by atoms with Crippen molar-refractivity contribution in [1.29, 1.82) is 0 Å². The maximum absolute atomic E-state index is 3.85. The SMILES string of the molecule is C[C@H](CN[C@H]1CN2CCC1CC2)c1ccc(C(C)(C)C)cc1. The van der Waals surface area contributed by atoms with Crippen LogP contribution in [0.3, 0.4) is 0 Å². The molecule has 0 saturated carbocycles. The van der Waals surface area contributed by atoms with Crippen LogP contribution in [0.25, 0.3) is 0 Å². The molecule has 2 bridgehead atoms. The highest BCUT2D eigenvalue weighted by molar-refractivity contribution is 5.29. The summed E-state index contributed by atoms with van der Waals surface area (Å²) in [5.41, 5.74) is 3.13. The zero-order valence-electron chi connectivity index (χ0n) is 14.7. The molecule has 3 aliphatic rings. The normalized spacial score (nSPS) is 29.5. The fourth-order valence-corrected chi connectivity index (χ4v) is 3.95. The minimum atomic E-state index is 0.246. The summed E-state index contributed by atoms with van der Waals surface area (Å²) in [6.07, 6.45) is 2.79. The van der Waals surface area contributed by atoms with Gasteiger partial charge in [-0.05, 0) is 54.3 Å². The van der Waals surface area contributed by atoms with Gasteiger partial charge in [0, 0.05) is 19.1 Å². The topological polar surface area (TPSA) is 15.3 Å². The van der Waals surface area contributed by atoms with Crippen molar-refractivity contribution >= 4 is 0 Å². The first-order valence-electron chi connectivity index (χ1n) is 8.99. The Bertz CT molecular complexity index is 477. The Hall–Kier alpha value is -0.860. The highest BCUT2D eigenvalue weighted by atomic mass is 15.2. The monoisotopic (exact) mass is 300 g/mol. The van der Waals surface area contributed by atoms with Crippen molar-refractivity contribution in [1.82, 2.24) is 10.2 Å². The summed E-state index contributed by atoms with van der Waals surface area (Å²) in [7, 11) is 0. The van der Waals surface area contributed by atoms with Crippen LogP contribution in [0.1, 0.15) is 57.6 Å². The van der Waals surface area contributed by atoms with Gasteiger partial charge in [0.1, 0.15) is 0 Å². The minimum Gasteiger partial charge on any atom is -0.312 e. The van der Waals surface area contributed by atoms with Gasteiger partial charge in [-0.15, -0.1) is 0 Å². The number of piperidine rings is 3. The number of nitrogens with zero attached hydrogens (tertiary/aromatic N) is 1. The van der Waals surface area contributed by atoms with Crippen LogP contribution in [-0.2, 0) is 5.41 Å². The summed E-state index contributed by atoms with van der Waals surface area (Å²) in [5.74, 6) is 1.50. The molecule has 122 valence electrons. The summed E-state index contributed by atoms with van der Waals surface area (Å²) in [4.78, 5) is 2.63. The molecule has 3 aliphatic heterocycles. The molecule has 0 amide bonds. The first kappa shape index (κ1) is 16.0. The van der Waals surface area contributed by atoms with E-state index < -0.39 is 0 Å². The lowest BCUT2D eigenvalue weighted by atomic mass is 9.83. The van der Waals surface area contributed by atoms with Crippen molar-refractivity contribution in [3.05, 3.63) is 35.4 Å². The molecule has 2 atom stereocenters. The molecule has 1 N–H and O–H groups in total. The molecule has 3 saturated heterocycles. The Morgan fingerprint density at radius 2 is 1.77 bits per heavy atom. The van der Waals surface area contributed by atoms with E-state index in [0.29, 0.717) is 5.92 Å². The van der Waals surface area contributed by atoms with Crippen LogP contribution in [0.15, 0.2) is 24.3 Å². The van der Waals surface area contributed by atoms with Gasteiger partial charge in [0.05, 0.1) is 0 Å². The van der Waals surface area contributed by atoms with Crippen molar-refractivity contribution < 1.29 is 0 Å². The predicted octanol–water partition coefficient (Wildman–Crippen LogP) is 3.77. The van der Waals surface area contributed by atoms with Gasteiger partial charge in [0.15, 0.2) is 0 Å². The van der Waals surface area contributed by atoms with Crippen molar-refractivity contribution in [2.24, 2.45) is 5.92 Å². The van der Waals surface area contributed by atoms with E-state index in [2.05, 4.69) is 62.2 Å². The number of benzene rings is 1. The fraction of sp³-hybridized carbons (Fsp3) is 0.700. The van der Waals surface area contributed by atoms with E-state index in [-0.39, 0.29) is 5.41 Å². The van der Waals surface area contributed by atoms with Crippen LogP contribution in [0, 0.1) is 5.92 Å². The lowest BCUT2D eigenvalue weighted by molar-refractivity contribution is 0.0723. The average Bonchev–Trinajstić information content (AvgIpc) is 2.53. The molecule has 1 aromatic rings. The average molecular weight is 300 g/mol. The van der Waals surface area contributed by atoms with Crippen LogP contribution in [-0.4, -0.2) is 37.1 Å². The number of rotatable bonds is 4. The standard InChI is InChI=1S/C20H32N2/c1-15(16-5-7-18(8-6-16)20(2,3)4)13-21-19-14-22-11-9-17(19)10-12-22/h5-8,15,17,19,21H,9-14H2,1-4H3/t15-,19+/m1/s1. The molecule has 0 radical (unpaired) electrons. The second-order valence-electron chi connectivity index (χ2n) is 8.43. The molecule has 2 nitrogen and oxygen atoms in total. The van der Waals surface area contributed by atoms with Crippen LogP contribution >= 0.6 is 0 Å². The van der Waals surface area contributed by atoms with Gasteiger partial charge < -0.3 is 10.2 Å². The largest absolute Gasteiger partial charge is 0.312 e. The molecule has 3 heterocycles. The van der Waals surface area contributed by atoms with E-state index in [9.17, 15) is 0 Å². The third kappa shape index (κ3) is 3.55. The van der Waals surface area contributed by atoms with Gasteiger partial charge in [-0.25, -0.2) is 0 Å². The molecule has 4 rings (SSSR count). The van der Waals surface area contributed by atoms with E-state index in [0.717, 1.165) is 18.5 Å². The number of fused-ring (bicyclic) bond motifs is 3. The van der Waals surface area contributed by atoms with Gasteiger partial charge >= 0.3 is 0 Å². The molecule has 0 spiro atoms. The third-order valence-corrected chi connectivity index (χ3v) is 5.69. The van der Waals surface area contributed by atoms with Crippen LogP contribution in [0.4, 0.5) is 0 Å². The van der Waals surface area contributed by atoms with Gasteiger partial charge in [-0.2, -0.15) is 0 Å². The predicted molar refractivity (Wildman–Crippen MR) is 94.5 cm³/mol. The Morgan fingerprint density at radius 3 is 2.27 bits per heavy atom. The summed E-state index contributed by atoms with van der Waals surface area (Å²) in [6, 6.07) is 9.98. The summed E-state index contributed by atoms with van der Waals surface area (Å²) in [6.45, 7) is 14.2. The first-order valence-corrected chi connectivity index (χ1v) is 8.99. The molecule has 22 heavy (non-hydrogen) atoms. The van der Waals surface area contributed by atoms with Gasteiger partial charge in [-0.3, -0.25) is 0 Å². The highest BCUT2D eigenvalue weighted by Gasteiger charge is 2.33. The summed E-state index contributed by atoms with van der Waals surface area (Å²) >= 11 is 0. The Kier molecular flexibility index (Phi) is 4.61. The second kappa shape index (κ2) is 6.33. The van der Waals surface area contributed by atoms with Crippen molar-refractivity contribution in [2.75, 3.05) is 26.2 Å². The molecule has 0 aromatic heterocycles. The Labute approximate surface area is 136 Å². The first-order chi connectivity index (χ1) is 10.4. The lowest BCUT2D eigenvalue weighted by Gasteiger charge is -2.45. The molecule has 0 unspecified atom stereocenters. The van der Waals surface area contributed by atoms with E-state index in [1.807, 2.05) is 0 Å². The molecule has 1 aromatic carbocycles. The number of hydrogen-bond donors (Lipinski definition) is 1. The zero-order valence-corrected chi connectivity index (χ0v) is 14.7. The molecule has 3 fully saturated rings. The second-order valence-corrected chi connectivity index (χ2v) is 8.43. The Morgan fingerprint density at radius 1 is 1.14 bits per heavy atom. The number of nitrogens with one attached hydrogen (secondary N) is 1. The lowest BCUT2D eigenvalue weighted by Crippen LogP contribution is -2.56. The smallest absolute Gasteiger partial charge is 0.0224 e. The molecule has 0 aliphatic carbocycles. The highest BCUT2D eigenvalue weighted by Crippen LogP contribution is 2.28. The zero-order chi connectivity index (χ0) is 15.7. The maximum atomic E-state index is 3.85. The summed E-state index contributed by atoms with van der Waals surface area (Å²) in [5, 5.41) is 3.85. The van der Waals surface area contributed by atoms with Crippen LogP contribution in [0.5, 0.6) is 0 Å². The quantitative estimate of drug-likeness (QED) is 0.910. The van der Waals surface area contributed by atoms with E-state index in [1.165, 1.54) is 43.6 Å². The third-order valence-electron chi connectivity index (χ3n) is 5.69. The fourth-order valence-electron chi connectivity index (χ4n) is 3.95. The van der Waals surface area contributed by atoms with Crippen molar-refractivity contribution in [3.8, 4) is 0 Å². The van der Waals surface area contributed by atoms with E-state index in [1.54, 1.807) is 0 Å². The van der Waals surface area contributed by atoms with Crippen LogP contribution < -0.4 is 5.32 Å². The van der Waals surface area contributed by atoms with E-state index in [4.69, 9.17) is 0 Å². The van der Waals surface area contributed by atoms with Crippen LogP contribution in [0.2, 0.25) is 0 Å². The molecule has 2 heteroatoms. The molecular formula is C20H32N2. The Balaban J connectivity index is 1.54. The minimum absolute atomic E-state index is 0.246. The van der Waals surface area contributed by atoms with E-state index >= 15 is 0 Å². The van der Waals surface area contributed by atoms with Gasteiger partial charge in [0.25, 0.3) is 0 Å². The van der Waals surface area contributed by atoms with Crippen molar-refractivity contribution in [2.45, 2.75) is 57.9 Å².